The Morgan fingerprint density at radius 3 is 2.70 bits per heavy atom. The van der Waals surface area contributed by atoms with E-state index in [-0.39, 0.29) is 23.4 Å². The number of aromatic nitrogens is 1. The van der Waals surface area contributed by atoms with Gasteiger partial charge in [0.25, 0.3) is 0 Å². The second-order valence-electron chi connectivity index (χ2n) is 8.57. The van der Waals surface area contributed by atoms with Gasteiger partial charge in [-0.2, -0.15) is 0 Å². The van der Waals surface area contributed by atoms with Crippen LogP contribution < -0.4 is 5.32 Å². The molecule has 1 aliphatic rings. The van der Waals surface area contributed by atoms with Crippen molar-refractivity contribution in [1.82, 2.24) is 10.3 Å². The van der Waals surface area contributed by atoms with Crippen LogP contribution >= 0.6 is 11.8 Å². The first-order chi connectivity index (χ1) is 15.9. The first-order valence-electron chi connectivity index (χ1n) is 11.2. The summed E-state index contributed by atoms with van der Waals surface area (Å²) in [5.74, 6) is -1.57. The molecule has 1 aromatic heterocycles. The van der Waals surface area contributed by atoms with Crippen molar-refractivity contribution < 1.29 is 19.5 Å². The van der Waals surface area contributed by atoms with E-state index in [0.717, 1.165) is 53.1 Å². The molecule has 3 atom stereocenters. The molecule has 1 amide bonds. The quantitative estimate of drug-likeness (QED) is 0.462. The zero-order valence-electron chi connectivity index (χ0n) is 18.5. The Kier molecular flexibility index (Phi) is 7.18. The maximum atomic E-state index is 13.5. The lowest BCUT2D eigenvalue weighted by atomic mass is 9.76. The third kappa shape index (κ3) is 5.30. The fourth-order valence-electron chi connectivity index (χ4n) is 4.79. The molecule has 0 fully saturated rings. The summed E-state index contributed by atoms with van der Waals surface area (Å²) < 4.78 is 0. The fraction of sp³-hybridized carbons (Fsp3) is 0.346. The van der Waals surface area contributed by atoms with Crippen LogP contribution in [-0.4, -0.2) is 38.9 Å². The molecule has 6 nitrogen and oxygen atoms in total. The van der Waals surface area contributed by atoms with Crippen molar-refractivity contribution in [2.45, 2.75) is 44.6 Å². The minimum absolute atomic E-state index is 0.0377. The van der Waals surface area contributed by atoms with Gasteiger partial charge in [-0.1, -0.05) is 54.2 Å². The number of carbonyl (C=O) groups excluding carboxylic acids is 2. The molecule has 0 aliphatic heterocycles. The van der Waals surface area contributed by atoms with E-state index in [1.807, 2.05) is 36.4 Å². The highest BCUT2D eigenvalue weighted by Crippen LogP contribution is 2.38. The zero-order valence-corrected chi connectivity index (χ0v) is 19.4. The summed E-state index contributed by atoms with van der Waals surface area (Å²) in [7, 11) is 0. The predicted octanol–water partition coefficient (Wildman–Crippen LogP) is 4.30. The molecule has 0 bridgehead atoms. The molecule has 172 valence electrons. The van der Waals surface area contributed by atoms with Gasteiger partial charge in [0.1, 0.15) is 6.04 Å². The number of fused-ring (bicyclic) bond motifs is 2. The molecule has 1 heterocycles. The van der Waals surface area contributed by atoms with E-state index in [0.29, 0.717) is 5.75 Å². The summed E-state index contributed by atoms with van der Waals surface area (Å²) >= 11 is 1.13. The number of carbonyl (C=O) groups is 3. The van der Waals surface area contributed by atoms with Crippen molar-refractivity contribution in [3.8, 4) is 0 Å². The van der Waals surface area contributed by atoms with E-state index in [4.69, 9.17) is 0 Å². The number of thioether (sulfide) groups is 1. The second-order valence-corrected chi connectivity index (χ2v) is 9.77. The average molecular weight is 465 g/mol. The van der Waals surface area contributed by atoms with Crippen LogP contribution in [-0.2, 0) is 27.2 Å². The highest BCUT2D eigenvalue weighted by molar-refractivity contribution is 8.13. The summed E-state index contributed by atoms with van der Waals surface area (Å²) in [6, 6.07) is 14.8. The van der Waals surface area contributed by atoms with Crippen molar-refractivity contribution in [2.75, 3.05) is 5.75 Å². The molecular formula is C26H28N2O4S. The van der Waals surface area contributed by atoms with Crippen LogP contribution in [0.3, 0.4) is 0 Å². The minimum atomic E-state index is -1.07. The van der Waals surface area contributed by atoms with E-state index >= 15 is 0 Å². The Morgan fingerprint density at radius 2 is 1.91 bits per heavy atom. The molecule has 0 radical (unpaired) electrons. The van der Waals surface area contributed by atoms with Crippen LogP contribution in [0.25, 0.3) is 10.9 Å². The highest BCUT2D eigenvalue weighted by atomic mass is 32.2. The van der Waals surface area contributed by atoms with Crippen molar-refractivity contribution in [1.29, 1.82) is 0 Å². The lowest BCUT2D eigenvalue weighted by molar-refractivity contribution is -0.142. The van der Waals surface area contributed by atoms with E-state index in [1.165, 1.54) is 12.5 Å². The first-order valence-corrected chi connectivity index (χ1v) is 12.2. The summed E-state index contributed by atoms with van der Waals surface area (Å²) in [5.41, 5.74) is 4.14. The number of nitrogens with one attached hydrogen (secondary N) is 2. The van der Waals surface area contributed by atoms with Crippen LogP contribution in [0.5, 0.6) is 0 Å². The molecule has 0 spiro atoms. The lowest BCUT2D eigenvalue weighted by Gasteiger charge is -2.32. The fourth-order valence-corrected chi connectivity index (χ4v) is 5.59. The Bertz CT molecular complexity index is 1170. The third-order valence-corrected chi connectivity index (χ3v) is 7.35. The van der Waals surface area contributed by atoms with Crippen LogP contribution in [0, 0.1) is 5.92 Å². The number of hydrogen-bond acceptors (Lipinski definition) is 4. The van der Waals surface area contributed by atoms with Gasteiger partial charge in [-0.05, 0) is 47.9 Å². The number of aryl methyl sites for hydroxylation is 1. The summed E-state index contributed by atoms with van der Waals surface area (Å²) in [5, 5.41) is 13.6. The van der Waals surface area contributed by atoms with Crippen molar-refractivity contribution in [3.05, 3.63) is 71.4 Å². The molecule has 2 aromatic carbocycles. The molecular weight excluding hydrogens is 436 g/mol. The molecule has 0 saturated carbocycles. The number of carboxylic acids is 1. The lowest BCUT2D eigenvalue weighted by Crippen LogP contribution is -2.47. The molecule has 0 saturated heterocycles. The smallest absolute Gasteiger partial charge is 0.326 e. The predicted molar refractivity (Wildman–Crippen MR) is 130 cm³/mol. The number of rotatable bonds is 8. The van der Waals surface area contributed by atoms with Crippen molar-refractivity contribution in [3.63, 3.8) is 0 Å². The molecule has 7 heteroatoms. The van der Waals surface area contributed by atoms with Crippen LogP contribution in [0.2, 0.25) is 0 Å². The molecule has 1 aliphatic carbocycles. The Labute approximate surface area is 197 Å². The Hall–Kier alpha value is -3.06. The van der Waals surface area contributed by atoms with Crippen LogP contribution in [0.4, 0.5) is 0 Å². The average Bonchev–Trinajstić information content (AvgIpc) is 3.21. The van der Waals surface area contributed by atoms with Crippen LogP contribution in [0.15, 0.2) is 54.7 Å². The summed E-state index contributed by atoms with van der Waals surface area (Å²) in [4.78, 5) is 40.4. The van der Waals surface area contributed by atoms with E-state index in [9.17, 15) is 19.5 Å². The normalized spacial score (nSPS) is 17.2. The minimum Gasteiger partial charge on any atom is -0.480 e. The Balaban J connectivity index is 1.57. The number of carboxylic acid groups (broad SMARTS) is 1. The third-order valence-electron chi connectivity index (χ3n) is 6.42. The van der Waals surface area contributed by atoms with E-state index < -0.39 is 17.9 Å². The number of para-hydroxylation sites is 1. The number of aliphatic carboxylic acids is 1. The molecule has 33 heavy (non-hydrogen) atoms. The number of amides is 1. The standard InChI is InChI=1S/C26H28N2O4S/c1-16(29)33-15-22(21-11-6-8-17-7-2-3-9-19(17)21)25(30)28-24(26(31)32)13-18-14-27-23-12-5-4-10-20(18)23/h2-5,7,9-10,12,14,21-22,24,27H,6,8,11,13,15H2,1H3,(H,28,30)(H,31,32). The van der Waals surface area contributed by atoms with E-state index in [2.05, 4.69) is 22.4 Å². The van der Waals surface area contributed by atoms with Gasteiger partial charge in [0, 0.05) is 36.2 Å². The number of aromatic amines is 1. The van der Waals surface area contributed by atoms with Gasteiger partial charge in [0.2, 0.25) is 5.91 Å². The molecule has 3 unspecified atom stereocenters. The molecule has 3 aromatic rings. The van der Waals surface area contributed by atoms with Gasteiger partial charge >= 0.3 is 5.97 Å². The SMILES string of the molecule is CC(=O)SCC(C(=O)NC(Cc1c[nH]c2ccccc12)C(=O)O)C1CCCc2ccccc21. The number of hydrogen-bond donors (Lipinski definition) is 3. The first kappa shape index (κ1) is 23.1. The maximum absolute atomic E-state index is 13.5. The van der Waals surface area contributed by atoms with Crippen molar-refractivity contribution >= 4 is 39.7 Å². The second kappa shape index (κ2) is 10.3. The Morgan fingerprint density at radius 1 is 1.15 bits per heavy atom. The van der Waals surface area contributed by atoms with Gasteiger partial charge in [-0.3, -0.25) is 9.59 Å². The van der Waals surface area contributed by atoms with Gasteiger partial charge in [-0.15, -0.1) is 0 Å². The van der Waals surface area contributed by atoms with Gasteiger partial charge in [0.15, 0.2) is 5.12 Å². The zero-order chi connectivity index (χ0) is 23.4. The maximum Gasteiger partial charge on any atom is 0.326 e. The topological polar surface area (TPSA) is 99.3 Å². The van der Waals surface area contributed by atoms with E-state index in [1.54, 1.807) is 6.20 Å². The van der Waals surface area contributed by atoms with Gasteiger partial charge < -0.3 is 15.4 Å². The molecule has 4 rings (SSSR count). The summed E-state index contributed by atoms with van der Waals surface area (Å²) in [6.45, 7) is 1.49. The number of benzene rings is 2. The van der Waals surface area contributed by atoms with Crippen molar-refractivity contribution in [2.24, 2.45) is 5.92 Å². The summed E-state index contributed by atoms with van der Waals surface area (Å²) in [6.07, 6.45) is 4.76. The molecule has 3 N–H and O–H groups in total. The van der Waals surface area contributed by atoms with Gasteiger partial charge in [0.05, 0.1) is 5.92 Å². The monoisotopic (exact) mass is 464 g/mol. The van der Waals surface area contributed by atoms with Crippen LogP contribution in [0.1, 0.15) is 42.4 Å². The number of H-pyrrole nitrogens is 1. The highest BCUT2D eigenvalue weighted by Gasteiger charge is 2.35. The van der Waals surface area contributed by atoms with Gasteiger partial charge in [-0.25, -0.2) is 4.79 Å². The largest absolute Gasteiger partial charge is 0.480 e.